The summed E-state index contributed by atoms with van der Waals surface area (Å²) in [5, 5.41) is 9.97. The summed E-state index contributed by atoms with van der Waals surface area (Å²) in [6, 6.07) is 4.31. The number of carbonyl (C=O) groups excluding carboxylic acids is 1. The zero-order valence-corrected chi connectivity index (χ0v) is 12.5. The Hall–Kier alpha value is -1.26. The van der Waals surface area contributed by atoms with Gasteiger partial charge in [0.1, 0.15) is 0 Å². The Morgan fingerprint density at radius 1 is 1.25 bits per heavy atom. The van der Waals surface area contributed by atoms with Crippen molar-refractivity contribution < 1.29 is 14.7 Å². The van der Waals surface area contributed by atoms with E-state index in [-0.39, 0.29) is 11.9 Å². The zero-order valence-electron chi connectivity index (χ0n) is 11.0. The van der Waals surface area contributed by atoms with E-state index in [9.17, 15) is 14.7 Å². The molecule has 1 aromatic rings. The highest BCUT2D eigenvalue weighted by atomic mass is 35.5. The van der Waals surface area contributed by atoms with Crippen LogP contribution in [0.15, 0.2) is 18.2 Å². The predicted octanol–water partition coefficient (Wildman–Crippen LogP) is 3.32. The summed E-state index contributed by atoms with van der Waals surface area (Å²) >= 11 is 11.8. The fourth-order valence-electron chi connectivity index (χ4n) is 2.60. The number of piperidine rings is 1. The molecule has 1 N–H and O–H groups in total. The van der Waals surface area contributed by atoms with Crippen molar-refractivity contribution in [2.45, 2.75) is 25.8 Å². The van der Waals surface area contributed by atoms with E-state index in [1.807, 2.05) is 0 Å². The van der Waals surface area contributed by atoms with Crippen molar-refractivity contribution in [1.82, 2.24) is 4.90 Å². The smallest absolute Gasteiger partial charge is 0.308 e. The van der Waals surface area contributed by atoms with Crippen LogP contribution in [0.4, 0.5) is 0 Å². The van der Waals surface area contributed by atoms with Gasteiger partial charge in [-0.05, 0) is 38.0 Å². The fraction of sp³-hybridized carbons (Fsp3) is 0.429. The second kappa shape index (κ2) is 6.02. The van der Waals surface area contributed by atoms with Crippen molar-refractivity contribution in [1.29, 1.82) is 0 Å². The lowest BCUT2D eigenvalue weighted by Crippen LogP contribution is -2.49. The molecule has 1 aliphatic rings. The number of carbonyl (C=O) groups is 2. The number of nitrogens with zero attached hydrogens (tertiary/aromatic N) is 1. The highest BCUT2D eigenvalue weighted by Gasteiger charge is 2.35. The van der Waals surface area contributed by atoms with Gasteiger partial charge in [-0.15, -0.1) is 0 Å². The lowest BCUT2D eigenvalue weighted by Gasteiger charge is -2.37. The number of aliphatic carboxylic acids is 1. The first kappa shape index (κ1) is 15.1. The largest absolute Gasteiger partial charge is 0.481 e. The number of likely N-dealkylation sites (tertiary alicyclic amines) is 1. The van der Waals surface area contributed by atoms with Crippen LogP contribution in [-0.2, 0) is 4.79 Å². The summed E-state index contributed by atoms with van der Waals surface area (Å²) in [6.45, 7) is 2.32. The molecule has 1 heterocycles. The number of amides is 1. The maximum absolute atomic E-state index is 12.5. The van der Waals surface area contributed by atoms with Crippen LogP contribution >= 0.6 is 23.2 Å². The van der Waals surface area contributed by atoms with Crippen molar-refractivity contribution in [3.63, 3.8) is 0 Å². The summed E-state index contributed by atoms with van der Waals surface area (Å²) in [7, 11) is 0. The molecule has 0 unspecified atom stereocenters. The van der Waals surface area contributed by atoms with E-state index in [4.69, 9.17) is 23.2 Å². The van der Waals surface area contributed by atoms with Gasteiger partial charge in [0.2, 0.25) is 0 Å². The van der Waals surface area contributed by atoms with Crippen molar-refractivity contribution in [2.75, 3.05) is 6.54 Å². The van der Waals surface area contributed by atoms with Crippen molar-refractivity contribution in [2.24, 2.45) is 5.92 Å². The standard InChI is InChI=1S/C14H15Cl2NO3/c1-8-12(14(19)20)3-2-4-17(8)13(18)9-5-10(15)7-11(16)6-9/h5-8,12H,2-4H2,1H3,(H,19,20)/t8-,12-/m1/s1. The molecule has 2 rings (SSSR count). The van der Waals surface area contributed by atoms with Crippen molar-refractivity contribution in [3.05, 3.63) is 33.8 Å². The topological polar surface area (TPSA) is 57.6 Å². The predicted molar refractivity (Wildman–Crippen MR) is 77.3 cm³/mol. The van der Waals surface area contributed by atoms with Gasteiger partial charge in [-0.25, -0.2) is 0 Å². The fourth-order valence-corrected chi connectivity index (χ4v) is 3.13. The molecule has 1 saturated heterocycles. The molecule has 108 valence electrons. The normalized spacial score (nSPS) is 22.6. The molecule has 0 aromatic heterocycles. The molecule has 0 aliphatic carbocycles. The van der Waals surface area contributed by atoms with Crippen LogP contribution in [0.3, 0.4) is 0 Å². The van der Waals surface area contributed by atoms with Gasteiger partial charge in [0.05, 0.1) is 5.92 Å². The van der Waals surface area contributed by atoms with Gasteiger partial charge in [-0.2, -0.15) is 0 Å². The minimum Gasteiger partial charge on any atom is -0.481 e. The SMILES string of the molecule is C[C@@H]1[C@H](C(=O)O)CCCN1C(=O)c1cc(Cl)cc(Cl)c1. The number of rotatable bonds is 2. The Morgan fingerprint density at radius 2 is 1.85 bits per heavy atom. The first-order valence-electron chi connectivity index (χ1n) is 6.40. The molecule has 20 heavy (non-hydrogen) atoms. The summed E-state index contributed by atoms with van der Waals surface area (Å²) in [5.74, 6) is -1.62. The summed E-state index contributed by atoms with van der Waals surface area (Å²) < 4.78 is 0. The molecule has 1 fully saturated rings. The van der Waals surface area contributed by atoms with Crippen LogP contribution in [0, 0.1) is 5.92 Å². The molecule has 2 atom stereocenters. The average molecular weight is 316 g/mol. The number of benzene rings is 1. The summed E-state index contributed by atoms with van der Waals surface area (Å²) in [4.78, 5) is 25.3. The zero-order chi connectivity index (χ0) is 14.9. The lowest BCUT2D eigenvalue weighted by molar-refractivity contribution is -0.144. The first-order valence-corrected chi connectivity index (χ1v) is 7.15. The molecule has 1 aromatic carbocycles. The maximum atomic E-state index is 12.5. The Balaban J connectivity index is 2.25. The van der Waals surface area contributed by atoms with Crippen molar-refractivity contribution in [3.8, 4) is 0 Å². The molecule has 1 amide bonds. The van der Waals surface area contributed by atoms with Crippen LogP contribution in [0.25, 0.3) is 0 Å². The molecule has 1 aliphatic heterocycles. The number of carboxylic acid groups (broad SMARTS) is 1. The van der Waals surface area contributed by atoms with Gasteiger partial charge >= 0.3 is 5.97 Å². The molecule has 6 heteroatoms. The van der Waals surface area contributed by atoms with Crippen LogP contribution in [0.2, 0.25) is 10.0 Å². The van der Waals surface area contributed by atoms with E-state index < -0.39 is 11.9 Å². The minimum absolute atomic E-state index is 0.229. The number of hydrogen-bond donors (Lipinski definition) is 1. The lowest BCUT2D eigenvalue weighted by atomic mass is 9.90. The third kappa shape index (κ3) is 3.07. The molecule has 0 saturated carbocycles. The molecule has 0 radical (unpaired) electrons. The molecular weight excluding hydrogens is 301 g/mol. The van der Waals surface area contributed by atoms with E-state index in [1.165, 1.54) is 0 Å². The summed E-state index contributed by atoms with van der Waals surface area (Å²) in [6.07, 6.45) is 1.28. The highest BCUT2D eigenvalue weighted by Crippen LogP contribution is 2.27. The Labute approximate surface area is 127 Å². The third-order valence-electron chi connectivity index (χ3n) is 3.68. The Kier molecular flexibility index (Phi) is 4.55. The Bertz CT molecular complexity index is 527. The van der Waals surface area contributed by atoms with E-state index in [2.05, 4.69) is 0 Å². The number of hydrogen-bond acceptors (Lipinski definition) is 2. The number of halogens is 2. The van der Waals surface area contributed by atoms with Gasteiger partial charge in [0, 0.05) is 28.2 Å². The van der Waals surface area contributed by atoms with E-state index in [0.29, 0.717) is 35.0 Å². The Morgan fingerprint density at radius 3 is 2.40 bits per heavy atom. The summed E-state index contributed by atoms with van der Waals surface area (Å²) in [5.41, 5.74) is 0.389. The molecule has 4 nitrogen and oxygen atoms in total. The van der Waals surface area contributed by atoms with E-state index >= 15 is 0 Å². The van der Waals surface area contributed by atoms with Crippen LogP contribution in [0.5, 0.6) is 0 Å². The quantitative estimate of drug-likeness (QED) is 0.910. The molecular formula is C14H15Cl2NO3. The molecule has 0 bridgehead atoms. The van der Waals surface area contributed by atoms with Crippen molar-refractivity contribution >= 4 is 35.1 Å². The first-order chi connectivity index (χ1) is 9.40. The van der Waals surface area contributed by atoms with Gasteiger partial charge in [-0.3, -0.25) is 9.59 Å². The van der Waals surface area contributed by atoms with Gasteiger partial charge in [0.15, 0.2) is 0 Å². The monoisotopic (exact) mass is 315 g/mol. The minimum atomic E-state index is -0.862. The van der Waals surface area contributed by atoms with Crippen LogP contribution < -0.4 is 0 Å². The second-order valence-electron chi connectivity index (χ2n) is 4.98. The van der Waals surface area contributed by atoms with E-state index in [1.54, 1.807) is 30.0 Å². The second-order valence-corrected chi connectivity index (χ2v) is 5.86. The number of carboxylic acids is 1. The van der Waals surface area contributed by atoms with Crippen LogP contribution in [0.1, 0.15) is 30.1 Å². The molecule has 0 spiro atoms. The van der Waals surface area contributed by atoms with Crippen LogP contribution in [-0.4, -0.2) is 34.5 Å². The third-order valence-corrected chi connectivity index (χ3v) is 4.11. The van der Waals surface area contributed by atoms with Gasteiger partial charge in [-0.1, -0.05) is 23.2 Å². The highest BCUT2D eigenvalue weighted by molar-refractivity contribution is 6.35. The average Bonchev–Trinajstić information content (AvgIpc) is 2.36. The van der Waals surface area contributed by atoms with Gasteiger partial charge in [0.25, 0.3) is 5.91 Å². The maximum Gasteiger partial charge on any atom is 0.308 e. The van der Waals surface area contributed by atoms with E-state index in [0.717, 1.165) is 0 Å². The van der Waals surface area contributed by atoms with Gasteiger partial charge < -0.3 is 10.0 Å².